The van der Waals surface area contributed by atoms with Crippen LogP contribution < -0.4 is 0 Å². The first kappa shape index (κ1) is 11.2. The van der Waals surface area contributed by atoms with E-state index in [1.54, 1.807) is 13.2 Å². The van der Waals surface area contributed by atoms with Crippen LogP contribution in [0.4, 0.5) is 0 Å². The van der Waals surface area contributed by atoms with Crippen LogP contribution in [0.1, 0.15) is 19.3 Å². The van der Waals surface area contributed by atoms with Gasteiger partial charge in [0.15, 0.2) is 0 Å². The summed E-state index contributed by atoms with van der Waals surface area (Å²) >= 11 is 0. The van der Waals surface area contributed by atoms with E-state index in [2.05, 4.69) is 24.8 Å². The number of hydrogen-bond donors (Lipinski definition) is 0. The van der Waals surface area contributed by atoms with Crippen LogP contribution >= 0.6 is 0 Å². The second kappa shape index (κ2) is 10.2. The van der Waals surface area contributed by atoms with Gasteiger partial charge in [0.25, 0.3) is 0 Å². The van der Waals surface area contributed by atoms with Crippen molar-refractivity contribution in [1.82, 2.24) is 0 Å². The van der Waals surface area contributed by atoms with E-state index < -0.39 is 0 Å². The highest BCUT2D eigenvalue weighted by Gasteiger charge is 1.79. The maximum Gasteiger partial charge on any atom is 0.0643 e. The average molecular weight is 166 g/mol. The molecule has 0 N–H and O–H groups in total. The lowest BCUT2D eigenvalue weighted by Gasteiger charge is -1.90. The van der Waals surface area contributed by atoms with Crippen molar-refractivity contribution in [1.29, 1.82) is 0 Å². The molecule has 0 aliphatic heterocycles. The summed E-state index contributed by atoms with van der Waals surface area (Å²) in [5.41, 5.74) is 0. The zero-order chi connectivity index (χ0) is 9.07. The summed E-state index contributed by atoms with van der Waals surface area (Å²) in [5, 5.41) is 0. The molecule has 0 rings (SSSR count). The maximum atomic E-state index is 4.87. The summed E-state index contributed by atoms with van der Waals surface area (Å²) in [6, 6.07) is 0. The highest BCUT2D eigenvalue weighted by atomic mass is 16.5. The number of unbranched alkanes of at least 4 members (excludes halogenated alkanes) is 2. The number of ether oxygens (including phenoxy) is 1. The van der Waals surface area contributed by atoms with Gasteiger partial charge >= 0.3 is 0 Å². The van der Waals surface area contributed by atoms with Crippen molar-refractivity contribution >= 4 is 0 Å². The van der Waals surface area contributed by atoms with Gasteiger partial charge in [0.05, 0.1) is 6.61 Å². The summed E-state index contributed by atoms with van der Waals surface area (Å²) in [6.07, 6.45) is 13.6. The van der Waals surface area contributed by atoms with Gasteiger partial charge in [-0.15, -0.1) is 0 Å². The molecule has 0 atom stereocenters. The highest BCUT2D eigenvalue weighted by Crippen LogP contribution is 1.97. The minimum atomic E-state index is 0.725. The van der Waals surface area contributed by atoms with E-state index in [9.17, 15) is 0 Å². The summed E-state index contributed by atoms with van der Waals surface area (Å²) < 4.78 is 4.87. The van der Waals surface area contributed by atoms with Crippen molar-refractivity contribution < 1.29 is 4.74 Å². The Morgan fingerprint density at radius 3 is 2.58 bits per heavy atom. The zero-order valence-electron chi connectivity index (χ0n) is 7.83. The van der Waals surface area contributed by atoms with Crippen molar-refractivity contribution in [2.75, 3.05) is 13.7 Å². The zero-order valence-corrected chi connectivity index (χ0v) is 7.83. The van der Waals surface area contributed by atoms with Gasteiger partial charge < -0.3 is 4.74 Å². The topological polar surface area (TPSA) is 9.23 Å². The fourth-order valence-corrected chi connectivity index (χ4v) is 0.828. The molecule has 1 heteroatoms. The van der Waals surface area contributed by atoms with E-state index in [1.165, 1.54) is 6.42 Å². The van der Waals surface area contributed by atoms with Crippen molar-refractivity contribution in [3.8, 4) is 0 Å². The van der Waals surface area contributed by atoms with Crippen molar-refractivity contribution in [3.63, 3.8) is 0 Å². The Hall–Kier alpha value is -0.820. The van der Waals surface area contributed by atoms with Crippen molar-refractivity contribution in [2.45, 2.75) is 19.3 Å². The molecule has 0 unspecified atom stereocenters. The van der Waals surface area contributed by atoms with Gasteiger partial charge in [-0.05, 0) is 19.3 Å². The third kappa shape index (κ3) is 9.18. The summed E-state index contributed by atoms with van der Waals surface area (Å²) in [6.45, 7) is 4.33. The summed E-state index contributed by atoms with van der Waals surface area (Å²) in [5.74, 6) is 0. The molecular weight excluding hydrogens is 148 g/mol. The van der Waals surface area contributed by atoms with Crippen LogP contribution in [0.5, 0.6) is 0 Å². The van der Waals surface area contributed by atoms with E-state index in [4.69, 9.17) is 4.74 Å². The minimum Gasteiger partial charge on any atom is -0.381 e. The summed E-state index contributed by atoms with van der Waals surface area (Å²) in [4.78, 5) is 0. The molecule has 0 aromatic heterocycles. The van der Waals surface area contributed by atoms with Crippen LogP contribution in [0.25, 0.3) is 0 Å². The quantitative estimate of drug-likeness (QED) is 0.321. The SMILES string of the molecule is C=C/C=C/CCC/C=C/COC. The third-order valence-corrected chi connectivity index (χ3v) is 1.44. The first-order chi connectivity index (χ1) is 5.91. The molecule has 12 heavy (non-hydrogen) atoms. The predicted molar refractivity (Wildman–Crippen MR) is 54.2 cm³/mol. The Kier molecular flexibility index (Phi) is 9.48. The second-order valence-corrected chi connectivity index (χ2v) is 2.52. The van der Waals surface area contributed by atoms with Crippen molar-refractivity contribution in [3.05, 3.63) is 37.0 Å². The van der Waals surface area contributed by atoms with Gasteiger partial charge in [-0.1, -0.05) is 37.0 Å². The van der Waals surface area contributed by atoms with Gasteiger partial charge in [-0.2, -0.15) is 0 Å². The van der Waals surface area contributed by atoms with Gasteiger partial charge in [0.2, 0.25) is 0 Å². The lowest BCUT2D eigenvalue weighted by molar-refractivity contribution is 0.233. The molecule has 0 aliphatic carbocycles. The van der Waals surface area contributed by atoms with Crippen LogP contribution in [0.15, 0.2) is 37.0 Å². The minimum absolute atomic E-state index is 0.725. The van der Waals surface area contributed by atoms with E-state index in [0.717, 1.165) is 19.4 Å². The van der Waals surface area contributed by atoms with Crippen LogP contribution in [0.3, 0.4) is 0 Å². The van der Waals surface area contributed by atoms with E-state index >= 15 is 0 Å². The van der Waals surface area contributed by atoms with Gasteiger partial charge in [-0.25, -0.2) is 0 Å². The first-order valence-electron chi connectivity index (χ1n) is 4.33. The molecular formula is C11H18O. The Bertz CT molecular complexity index is 145. The number of methoxy groups -OCH3 is 1. The van der Waals surface area contributed by atoms with E-state index in [-0.39, 0.29) is 0 Å². The average Bonchev–Trinajstić information content (AvgIpc) is 2.10. The molecule has 0 spiro atoms. The molecule has 0 aromatic rings. The molecule has 0 amide bonds. The fraction of sp³-hybridized carbons (Fsp3) is 0.455. The monoisotopic (exact) mass is 166 g/mol. The van der Waals surface area contributed by atoms with E-state index in [0.29, 0.717) is 0 Å². The molecule has 1 nitrogen and oxygen atoms in total. The first-order valence-corrected chi connectivity index (χ1v) is 4.33. The predicted octanol–water partition coefficient (Wildman–Crippen LogP) is 3.10. The van der Waals surface area contributed by atoms with Crippen LogP contribution in [-0.4, -0.2) is 13.7 Å². The van der Waals surface area contributed by atoms with Gasteiger partial charge in [-0.3, -0.25) is 0 Å². The molecule has 0 aliphatic rings. The van der Waals surface area contributed by atoms with Gasteiger partial charge in [0, 0.05) is 7.11 Å². The lowest BCUT2D eigenvalue weighted by atomic mass is 10.2. The maximum absolute atomic E-state index is 4.87. The number of rotatable bonds is 7. The Balaban J connectivity index is 3.09. The standard InChI is InChI=1S/C11H18O/c1-3-4-5-6-7-8-9-10-11-12-2/h3-5,9-10H,1,6-8,11H2,2H3/b5-4+,10-9+. The molecule has 0 aromatic carbocycles. The second-order valence-electron chi connectivity index (χ2n) is 2.52. The lowest BCUT2D eigenvalue weighted by Crippen LogP contribution is -1.79. The van der Waals surface area contributed by atoms with Crippen LogP contribution in [-0.2, 0) is 4.74 Å². The van der Waals surface area contributed by atoms with Crippen molar-refractivity contribution in [2.24, 2.45) is 0 Å². The van der Waals surface area contributed by atoms with Crippen LogP contribution in [0, 0.1) is 0 Å². The van der Waals surface area contributed by atoms with Crippen LogP contribution in [0.2, 0.25) is 0 Å². The normalized spacial score (nSPS) is 11.4. The smallest absolute Gasteiger partial charge is 0.0643 e. The molecule has 0 bridgehead atoms. The molecule has 0 saturated heterocycles. The molecule has 0 heterocycles. The largest absolute Gasteiger partial charge is 0.381 e. The van der Waals surface area contributed by atoms with Gasteiger partial charge in [0.1, 0.15) is 0 Å². The molecule has 0 saturated carbocycles. The fourth-order valence-electron chi connectivity index (χ4n) is 0.828. The number of allylic oxidation sites excluding steroid dienone is 4. The third-order valence-electron chi connectivity index (χ3n) is 1.44. The Morgan fingerprint density at radius 2 is 1.92 bits per heavy atom. The van der Waals surface area contributed by atoms with E-state index in [1.807, 2.05) is 6.08 Å². The molecule has 68 valence electrons. The Morgan fingerprint density at radius 1 is 1.17 bits per heavy atom. The molecule has 0 radical (unpaired) electrons. The number of hydrogen-bond acceptors (Lipinski definition) is 1. The Labute approximate surface area is 75.4 Å². The highest BCUT2D eigenvalue weighted by molar-refractivity contribution is 4.97. The molecule has 0 fully saturated rings. The summed E-state index contributed by atoms with van der Waals surface area (Å²) in [7, 11) is 1.71.